The molecule has 6 rings (SSSR count). The van der Waals surface area contributed by atoms with E-state index in [1.165, 1.54) is 25.2 Å². The molecule has 0 unspecified atom stereocenters. The van der Waals surface area contributed by atoms with Gasteiger partial charge in [0.2, 0.25) is 0 Å². The maximum absolute atomic E-state index is 13.8. The van der Waals surface area contributed by atoms with E-state index in [4.69, 9.17) is 0 Å². The van der Waals surface area contributed by atoms with Crippen LogP contribution in [0.25, 0.3) is 5.65 Å². The number of pyridine rings is 1. The van der Waals surface area contributed by atoms with Gasteiger partial charge >= 0.3 is 0 Å². The van der Waals surface area contributed by atoms with Crippen LogP contribution in [0.1, 0.15) is 48.9 Å². The second kappa shape index (κ2) is 8.93. The number of halogens is 2. The Morgan fingerprint density at radius 3 is 2.26 bits per heavy atom. The summed E-state index contributed by atoms with van der Waals surface area (Å²) in [5, 5.41) is 2.96. The van der Waals surface area contributed by atoms with Crippen LogP contribution < -0.4 is 15.1 Å². The molecule has 38 heavy (non-hydrogen) atoms. The number of benzene rings is 1. The summed E-state index contributed by atoms with van der Waals surface area (Å²) in [7, 11) is -3.45. The van der Waals surface area contributed by atoms with Crippen molar-refractivity contribution in [1.82, 2.24) is 9.38 Å². The number of amides is 1. The summed E-state index contributed by atoms with van der Waals surface area (Å²) in [5.74, 6) is -3.03. The molecule has 2 aromatic heterocycles. The van der Waals surface area contributed by atoms with Gasteiger partial charge in [-0.25, -0.2) is 22.2 Å². The number of nitrogens with one attached hydrogen (secondary N) is 1. The summed E-state index contributed by atoms with van der Waals surface area (Å²) in [5.41, 5.74) is 3.26. The Morgan fingerprint density at radius 2 is 1.61 bits per heavy atom. The fourth-order valence-corrected chi connectivity index (χ4v) is 6.32. The molecule has 1 aliphatic carbocycles. The highest BCUT2D eigenvalue weighted by Crippen LogP contribution is 2.54. The molecule has 202 valence electrons. The van der Waals surface area contributed by atoms with Gasteiger partial charge < -0.3 is 19.5 Å². The molecule has 4 heterocycles. The van der Waals surface area contributed by atoms with Crippen molar-refractivity contribution in [2.75, 3.05) is 47.6 Å². The summed E-state index contributed by atoms with van der Waals surface area (Å²) in [6.45, 7) is 1.94. The third-order valence-corrected chi connectivity index (χ3v) is 9.44. The lowest BCUT2D eigenvalue weighted by Crippen LogP contribution is -2.39. The molecule has 3 fully saturated rings. The van der Waals surface area contributed by atoms with Gasteiger partial charge in [0.1, 0.15) is 0 Å². The topological polar surface area (TPSA) is 87.0 Å². The van der Waals surface area contributed by atoms with Crippen molar-refractivity contribution in [3.05, 3.63) is 48.4 Å². The molecule has 11 heteroatoms. The molecule has 1 N–H and O–H groups in total. The first kappa shape index (κ1) is 25.1. The number of anilines is 3. The molecule has 3 aliphatic rings. The van der Waals surface area contributed by atoms with Crippen molar-refractivity contribution in [2.45, 2.75) is 49.3 Å². The number of imidazole rings is 1. The molecule has 1 spiro atoms. The Bertz CT molecular complexity index is 1500. The molecule has 2 saturated heterocycles. The maximum Gasteiger partial charge on any atom is 0.257 e. The van der Waals surface area contributed by atoms with E-state index in [1.54, 1.807) is 41.2 Å². The largest absolute Gasteiger partial charge is 0.371 e. The lowest BCUT2D eigenvalue weighted by atomic mass is 9.93. The number of carbonyl (C=O) groups excluding carboxylic acids is 1. The third kappa shape index (κ3) is 4.83. The van der Waals surface area contributed by atoms with Crippen LogP contribution in [0.15, 0.2) is 47.8 Å². The van der Waals surface area contributed by atoms with Crippen molar-refractivity contribution in [3.63, 3.8) is 0 Å². The van der Waals surface area contributed by atoms with Crippen molar-refractivity contribution in [1.29, 1.82) is 0 Å². The lowest BCUT2D eigenvalue weighted by Gasteiger charge is -2.35. The number of aromatic nitrogens is 2. The maximum atomic E-state index is 13.8. The van der Waals surface area contributed by atoms with Gasteiger partial charge in [0.25, 0.3) is 11.8 Å². The highest BCUT2D eigenvalue weighted by molar-refractivity contribution is 7.90. The van der Waals surface area contributed by atoms with Crippen LogP contribution in [-0.4, -0.2) is 62.1 Å². The highest BCUT2D eigenvalue weighted by atomic mass is 32.2. The van der Waals surface area contributed by atoms with Crippen LogP contribution in [0.2, 0.25) is 0 Å². The molecular formula is C27H31F2N5O3S. The van der Waals surface area contributed by atoms with E-state index in [2.05, 4.69) is 15.2 Å². The molecule has 3 aromatic rings. The van der Waals surface area contributed by atoms with Gasteiger partial charge in [0.05, 0.1) is 27.5 Å². The summed E-state index contributed by atoms with van der Waals surface area (Å²) in [6.07, 6.45) is 10.4. The average molecular weight is 544 g/mol. The molecule has 0 bridgehead atoms. The number of piperidine rings is 2. The second-order valence-electron chi connectivity index (χ2n) is 11.0. The quantitative estimate of drug-likeness (QED) is 0.506. The minimum atomic E-state index is -3.45. The third-order valence-electron chi connectivity index (χ3n) is 8.33. The van der Waals surface area contributed by atoms with E-state index in [9.17, 15) is 22.0 Å². The highest BCUT2D eigenvalue weighted by Gasteiger charge is 2.44. The normalized spacial score (nSPS) is 20.6. The van der Waals surface area contributed by atoms with Crippen LogP contribution in [0, 0.1) is 5.41 Å². The zero-order valence-corrected chi connectivity index (χ0v) is 22.1. The van der Waals surface area contributed by atoms with Gasteiger partial charge in [0, 0.05) is 63.9 Å². The van der Waals surface area contributed by atoms with Gasteiger partial charge in [-0.15, -0.1) is 0 Å². The van der Waals surface area contributed by atoms with E-state index in [0.717, 1.165) is 25.9 Å². The molecule has 1 aromatic carbocycles. The molecule has 1 saturated carbocycles. The van der Waals surface area contributed by atoms with Crippen LogP contribution >= 0.6 is 0 Å². The first-order valence-corrected chi connectivity index (χ1v) is 14.9. The smallest absolute Gasteiger partial charge is 0.257 e. The van der Waals surface area contributed by atoms with E-state index in [0.29, 0.717) is 33.7 Å². The van der Waals surface area contributed by atoms with E-state index >= 15 is 0 Å². The molecule has 1 amide bonds. The molecule has 2 aliphatic heterocycles. The van der Waals surface area contributed by atoms with Gasteiger partial charge in [-0.05, 0) is 55.4 Å². The lowest BCUT2D eigenvalue weighted by molar-refractivity contribution is -0.0220. The number of carbonyl (C=O) groups is 1. The zero-order chi connectivity index (χ0) is 26.7. The first-order chi connectivity index (χ1) is 18.0. The van der Waals surface area contributed by atoms with E-state index < -0.39 is 15.8 Å². The predicted molar refractivity (Wildman–Crippen MR) is 142 cm³/mol. The fraction of sp³-hybridized carbons (Fsp3) is 0.481. The summed E-state index contributed by atoms with van der Waals surface area (Å²) >= 11 is 0. The van der Waals surface area contributed by atoms with Crippen molar-refractivity contribution >= 4 is 38.5 Å². The zero-order valence-electron chi connectivity index (χ0n) is 21.3. The monoisotopic (exact) mass is 543 g/mol. The van der Waals surface area contributed by atoms with Crippen molar-refractivity contribution in [2.24, 2.45) is 5.41 Å². The number of rotatable bonds is 5. The molecule has 8 nitrogen and oxygen atoms in total. The average Bonchev–Trinajstić information content (AvgIpc) is 3.45. The van der Waals surface area contributed by atoms with Crippen LogP contribution in [0.5, 0.6) is 0 Å². The summed E-state index contributed by atoms with van der Waals surface area (Å²) in [4.78, 5) is 22.2. The van der Waals surface area contributed by atoms with Crippen LogP contribution in [-0.2, 0) is 9.84 Å². The van der Waals surface area contributed by atoms with E-state index in [-0.39, 0.29) is 36.7 Å². The first-order valence-electron chi connectivity index (χ1n) is 13.0. The van der Waals surface area contributed by atoms with Crippen LogP contribution in [0.4, 0.5) is 25.8 Å². The van der Waals surface area contributed by atoms with Gasteiger partial charge in [-0.1, -0.05) is 0 Å². The SMILES string of the molecule is CS(=O)(=O)c1ccc(C(=O)Nc2cc(N3CCC(F)(F)CC3)c3nccn3c2)c(N2CCC3(CC2)CC3)c1. The fourth-order valence-electron chi connectivity index (χ4n) is 5.68. The number of alkyl halides is 2. The van der Waals surface area contributed by atoms with Crippen molar-refractivity contribution < 1.29 is 22.0 Å². The minimum Gasteiger partial charge on any atom is -0.371 e. The van der Waals surface area contributed by atoms with Gasteiger partial charge in [-0.3, -0.25) is 4.79 Å². The number of hydrogen-bond acceptors (Lipinski definition) is 6. The van der Waals surface area contributed by atoms with Gasteiger partial charge in [0.15, 0.2) is 15.5 Å². The predicted octanol–water partition coefficient (Wildman–Crippen LogP) is 4.61. The number of hydrogen-bond donors (Lipinski definition) is 1. The Labute approximate surface area is 220 Å². The standard InChI is InChI=1S/C27H31F2N5O3S/c1-38(36,37)20-2-3-21(22(17-20)32-11-6-26(4-5-26)7-12-32)25(35)31-19-16-23(24-30-10-15-34(24)18-19)33-13-8-27(28,29)9-14-33/h2-3,10,15-18H,4-9,11-14H2,1H3,(H,31,35). The number of sulfone groups is 1. The number of fused-ring (bicyclic) bond motifs is 1. The Hall–Kier alpha value is -3.21. The second-order valence-corrected chi connectivity index (χ2v) is 13.0. The van der Waals surface area contributed by atoms with Crippen LogP contribution in [0.3, 0.4) is 0 Å². The molecular weight excluding hydrogens is 512 g/mol. The minimum absolute atomic E-state index is 0.180. The summed E-state index contributed by atoms with van der Waals surface area (Å²) < 4.78 is 53.9. The van der Waals surface area contributed by atoms with Gasteiger partial charge in [-0.2, -0.15) is 0 Å². The Morgan fingerprint density at radius 1 is 0.947 bits per heavy atom. The number of nitrogens with zero attached hydrogens (tertiary/aromatic N) is 4. The molecule has 0 atom stereocenters. The molecule has 0 radical (unpaired) electrons. The Kier molecular flexibility index (Phi) is 5.89. The Balaban J connectivity index is 1.31. The van der Waals surface area contributed by atoms with Crippen molar-refractivity contribution in [3.8, 4) is 0 Å². The summed E-state index contributed by atoms with van der Waals surface area (Å²) in [6, 6.07) is 6.42. The van der Waals surface area contributed by atoms with E-state index in [1.807, 2.05) is 4.90 Å².